The highest BCUT2D eigenvalue weighted by atomic mass is 32.2. The van der Waals surface area contributed by atoms with Crippen LogP contribution in [-0.2, 0) is 23.4 Å². The molecule has 0 atom stereocenters. The number of hydrogen-bond acceptors (Lipinski definition) is 8. The van der Waals surface area contributed by atoms with E-state index in [0.717, 1.165) is 5.56 Å². The lowest BCUT2D eigenvalue weighted by Gasteiger charge is -2.18. The number of sulfone groups is 1. The number of aryl methyl sites for hydroxylation is 1. The van der Waals surface area contributed by atoms with Crippen molar-refractivity contribution < 1.29 is 17.9 Å². The van der Waals surface area contributed by atoms with E-state index in [1.807, 2.05) is 6.07 Å². The zero-order valence-corrected chi connectivity index (χ0v) is 19.8. The molecule has 0 bridgehead atoms. The molecule has 0 aliphatic heterocycles. The van der Waals surface area contributed by atoms with Crippen molar-refractivity contribution in [1.29, 1.82) is 5.26 Å². The second-order valence-electron chi connectivity index (χ2n) is 9.04. The van der Waals surface area contributed by atoms with E-state index in [1.54, 1.807) is 24.3 Å². The summed E-state index contributed by atoms with van der Waals surface area (Å²) >= 11 is 0. The molecule has 1 amide bonds. The first kappa shape index (κ1) is 23.0. The quantitative estimate of drug-likeness (QED) is 0.498. The smallest absolute Gasteiger partial charge is 0.263 e. The van der Waals surface area contributed by atoms with Crippen LogP contribution in [0.15, 0.2) is 41.5 Å². The molecule has 11 heteroatoms. The van der Waals surface area contributed by atoms with Crippen LogP contribution in [0.3, 0.4) is 0 Å². The lowest BCUT2D eigenvalue weighted by Crippen LogP contribution is -2.34. The number of nitrogens with one attached hydrogen (secondary N) is 1. The number of ether oxygens (including phenoxy) is 1. The summed E-state index contributed by atoms with van der Waals surface area (Å²) in [6, 6.07) is 10.2. The summed E-state index contributed by atoms with van der Waals surface area (Å²) in [6.07, 6.45) is 3.76. The van der Waals surface area contributed by atoms with Crippen molar-refractivity contribution in [2.75, 3.05) is 6.61 Å². The predicted octanol–water partition coefficient (Wildman–Crippen LogP) is 1.62. The third kappa shape index (κ3) is 4.14. The summed E-state index contributed by atoms with van der Waals surface area (Å²) in [5.41, 5.74) is 1.27. The molecule has 2 heterocycles. The number of pyridine rings is 1. The summed E-state index contributed by atoms with van der Waals surface area (Å²) in [5, 5.41) is 11.3. The first-order chi connectivity index (χ1) is 16.8. The Morgan fingerprint density at radius 3 is 2.60 bits per heavy atom. The highest BCUT2D eigenvalue weighted by Crippen LogP contribution is 2.50. The fraction of sp³-hybridized carbons (Fsp3) is 0.375. The van der Waals surface area contributed by atoms with E-state index in [2.05, 4.69) is 15.3 Å². The number of carbonyl (C=O) groups excluding carboxylic acids is 1. The fourth-order valence-corrected chi connectivity index (χ4v) is 6.46. The summed E-state index contributed by atoms with van der Waals surface area (Å²) in [6.45, 7) is 0.153. The first-order valence-corrected chi connectivity index (χ1v) is 12.8. The Kier molecular flexibility index (Phi) is 5.56. The van der Waals surface area contributed by atoms with Gasteiger partial charge < -0.3 is 14.6 Å². The lowest BCUT2D eigenvalue weighted by molar-refractivity contribution is 0.0949. The fourth-order valence-electron chi connectivity index (χ4n) is 4.10. The van der Waals surface area contributed by atoms with Gasteiger partial charge in [-0.15, -0.1) is 0 Å². The van der Waals surface area contributed by atoms with Crippen molar-refractivity contribution in [3.8, 4) is 11.9 Å². The number of hydrogen-bond donors (Lipinski definition) is 1. The van der Waals surface area contributed by atoms with Gasteiger partial charge in [-0.2, -0.15) is 10.2 Å². The molecule has 35 heavy (non-hydrogen) atoms. The molecule has 1 N–H and O–H groups in total. The Balaban J connectivity index is 1.37. The highest BCUT2D eigenvalue weighted by Gasteiger charge is 2.60. The van der Waals surface area contributed by atoms with E-state index < -0.39 is 26.1 Å². The number of benzene rings is 1. The molecule has 180 valence electrons. The van der Waals surface area contributed by atoms with Gasteiger partial charge in [0.15, 0.2) is 9.84 Å². The molecule has 2 aliphatic rings. The number of amides is 1. The van der Waals surface area contributed by atoms with Crippen molar-refractivity contribution >= 4 is 26.8 Å². The zero-order valence-electron chi connectivity index (χ0n) is 19.0. The third-order valence-electron chi connectivity index (χ3n) is 6.60. The van der Waals surface area contributed by atoms with Crippen LogP contribution in [-0.4, -0.2) is 45.5 Å². The maximum absolute atomic E-state index is 13.0. The van der Waals surface area contributed by atoms with Crippen LogP contribution in [0.1, 0.15) is 47.2 Å². The predicted molar refractivity (Wildman–Crippen MR) is 127 cm³/mol. The molecule has 5 rings (SSSR count). The molecular weight excluding hydrogens is 470 g/mol. The van der Waals surface area contributed by atoms with Gasteiger partial charge in [0.2, 0.25) is 5.88 Å². The highest BCUT2D eigenvalue weighted by molar-refractivity contribution is 7.94. The largest absolute Gasteiger partial charge is 0.474 e. The van der Waals surface area contributed by atoms with Gasteiger partial charge in [0.1, 0.15) is 28.8 Å². The van der Waals surface area contributed by atoms with Gasteiger partial charge in [-0.05, 0) is 49.4 Å². The van der Waals surface area contributed by atoms with E-state index in [9.17, 15) is 18.0 Å². The molecule has 2 saturated carbocycles. The second-order valence-corrected chi connectivity index (χ2v) is 11.7. The van der Waals surface area contributed by atoms with E-state index in [0.29, 0.717) is 42.3 Å². The molecule has 2 aliphatic carbocycles. The number of carbonyl (C=O) groups is 1. The molecule has 0 spiro atoms. The first-order valence-electron chi connectivity index (χ1n) is 11.2. The molecule has 3 aromatic rings. The average molecular weight is 494 g/mol. The van der Waals surface area contributed by atoms with Gasteiger partial charge in [-0.1, -0.05) is 12.1 Å². The van der Waals surface area contributed by atoms with Crippen LogP contribution >= 0.6 is 0 Å². The van der Waals surface area contributed by atoms with Crippen LogP contribution in [0.4, 0.5) is 0 Å². The van der Waals surface area contributed by atoms with Gasteiger partial charge in [0.25, 0.3) is 11.5 Å². The monoisotopic (exact) mass is 493 g/mol. The minimum Gasteiger partial charge on any atom is -0.474 e. The van der Waals surface area contributed by atoms with E-state index in [1.165, 1.54) is 24.0 Å². The number of nitrogens with zero attached hydrogens (tertiary/aromatic N) is 4. The topological polar surface area (TPSA) is 144 Å². The number of aromatic nitrogens is 3. The lowest BCUT2D eigenvalue weighted by atomic mass is 10.1. The van der Waals surface area contributed by atoms with Crippen LogP contribution < -0.4 is 15.6 Å². The maximum Gasteiger partial charge on any atom is 0.263 e. The SMILES string of the molecule is Cn1c(=O)c(C(=O)NCc2ccc(C#N)cc2)cc2ncnc(OCC3(S(=O)(=O)C4CC4)CC3)c21. The standard InChI is InChI=1S/C24H23N5O5S/c1-29-20-19(10-18(23(29)31)21(30)26-12-16-4-2-15(11-25)3-5-16)27-14-28-22(20)34-13-24(8-9-24)35(32,33)17-6-7-17/h2-5,10,14,17H,6-9,12-13H2,1H3,(H,26,30). The van der Waals surface area contributed by atoms with Gasteiger partial charge in [-0.25, -0.2) is 13.4 Å². The average Bonchev–Trinajstić information content (AvgIpc) is 3.77. The molecular formula is C24H23N5O5S. The van der Waals surface area contributed by atoms with Crippen molar-refractivity contribution in [3.63, 3.8) is 0 Å². The Hall–Kier alpha value is -3.78. The zero-order chi connectivity index (χ0) is 24.8. The molecule has 0 radical (unpaired) electrons. The normalized spacial score (nSPS) is 16.5. The van der Waals surface area contributed by atoms with Crippen molar-refractivity contribution in [2.45, 2.75) is 42.2 Å². The second kappa shape index (κ2) is 8.46. The van der Waals surface area contributed by atoms with Crippen LogP contribution in [0.25, 0.3) is 11.0 Å². The van der Waals surface area contributed by atoms with Crippen LogP contribution in [0, 0.1) is 11.3 Å². The van der Waals surface area contributed by atoms with Crippen molar-refractivity contribution in [2.24, 2.45) is 7.05 Å². The number of rotatable bonds is 8. The Labute approximate surface area is 201 Å². The van der Waals surface area contributed by atoms with E-state index in [-0.39, 0.29) is 29.8 Å². The Morgan fingerprint density at radius 1 is 1.26 bits per heavy atom. The molecule has 10 nitrogen and oxygen atoms in total. The van der Waals surface area contributed by atoms with E-state index in [4.69, 9.17) is 10.00 Å². The molecule has 1 aromatic carbocycles. The van der Waals surface area contributed by atoms with Crippen LogP contribution in [0.2, 0.25) is 0 Å². The number of fused-ring (bicyclic) bond motifs is 1. The molecule has 0 unspecified atom stereocenters. The molecule has 2 aromatic heterocycles. The van der Waals surface area contributed by atoms with Gasteiger partial charge in [0.05, 0.1) is 22.4 Å². The third-order valence-corrected chi connectivity index (χ3v) is 9.68. The summed E-state index contributed by atoms with van der Waals surface area (Å²) in [5.74, 6) is -0.457. The Morgan fingerprint density at radius 2 is 1.97 bits per heavy atom. The summed E-state index contributed by atoms with van der Waals surface area (Å²) < 4.78 is 31.8. The molecule has 2 fully saturated rings. The van der Waals surface area contributed by atoms with Gasteiger partial charge in [-0.3, -0.25) is 9.59 Å². The minimum atomic E-state index is -3.25. The minimum absolute atomic E-state index is 0.0288. The van der Waals surface area contributed by atoms with Gasteiger partial charge >= 0.3 is 0 Å². The summed E-state index contributed by atoms with van der Waals surface area (Å²) in [4.78, 5) is 34.1. The van der Waals surface area contributed by atoms with Crippen LogP contribution in [0.5, 0.6) is 5.88 Å². The van der Waals surface area contributed by atoms with Crippen molar-refractivity contribution in [1.82, 2.24) is 19.9 Å². The van der Waals surface area contributed by atoms with Crippen molar-refractivity contribution in [3.05, 3.63) is 63.7 Å². The van der Waals surface area contributed by atoms with E-state index >= 15 is 0 Å². The number of nitriles is 1. The van der Waals surface area contributed by atoms with Gasteiger partial charge in [0, 0.05) is 13.6 Å². The molecule has 0 saturated heterocycles. The summed E-state index contributed by atoms with van der Waals surface area (Å²) in [7, 11) is -1.76. The Bertz CT molecular complexity index is 1530. The maximum atomic E-state index is 13.0.